The minimum atomic E-state index is -5.07. The number of carbonyl (C=O) groups is 1. The van der Waals surface area contributed by atoms with Gasteiger partial charge in [0, 0.05) is 12.4 Å². The molecule has 1 aromatic carbocycles. The van der Waals surface area contributed by atoms with Crippen molar-refractivity contribution in [1.82, 2.24) is 9.97 Å². The maximum absolute atomic E-state index is 12.9. The van der Waals surface area contributed by atoms with Crippen molar-refractivity contribution >= 4 is 17.7 Å². The lowest BCUT2D eigenvalue weighted by Crippen LogP contribution is -2.25. The first kappa shape index (κ1) is 16.6. The molecule has 0 aliphatic rings. The summed E-state index contributed by atoms with van der Waals surface area (Å²) in [6, 6.07) is 0.193. The summed E-state index contributed by atoms with van der Waals surface area (Å²) in [4.78, 5) is 17.6. The lowest BCUT2D eigenvalue weighted by atomic mass is 10.1. The minimum absolute atomic E-state index is 0.138. The van der Waals surface area contributed by atoms with Crippen molar-refractivity contribution in [3.63, 3.8) is 0 Å². The highest BCUT2D eigenvalue weighted by atomic mass is 19.4. The van der Waals surface area contributed by atoms with E-state index in [1.54, 1.807) is 5.32 Å². The molecule has 3 N–H and O–H groups in total. The van der Waals surface area contributed by atoms with E-state index in [0.29, 0.717) is 18.2 Å². The molecule has 23 heavy (non-hydrogen) atoms. The zero-order chi connectivity index (χ0) is 17.3. The number of H-pyrrole nitrogens is 1. The number of anilines is 2. The second-order valence-electron chi connectivity index (χ2n) is 4.24. The quantitative estimate of drug-likeness (QED) is 0.722. The Kier molecular flexibility index (Phi) is 4.21. The summed E-state index contributed by atoms with van der Waals surface area (Å²) in [6.07, 6.45) is -7.61. The molecular weight excluding hydrogens is 330 g/mol. The molecule has 0 spiro atoms. The number of amides is 2. The van der Waals surface area contributed by atoms with Gasteiger partial charge in [0.05, 0.1) is 16.8 Å². The Bertz CT molecular complexity index is 660. The molecule has 1 aromatic heterocycles. The predicted octanol–water partition coefficient (Wildman–Crippen LogP) is 4.09. The van der Waals surface area contributed by atoms with E-state index in [-0.39, 0.29) is 5.95 Å². The minimum Gasteiger partial charge on any atom is -0.331 e. The molecule has 2 aromatic rings. The SMILES string of the molecule is O=C(Nc1ncc[nH]1)Nc1c(C(F)(F)F)cccc1C(F)(F)F. The van der Waals surface area contributed by atoms with Gasteiger partial charge in [-0.1, -0.05) is 6.07 Å². The van der Waals surface area contributed by atoms with Crippen molar-refractivity contribution in [2.75, 3.05) is 10.6 Å². The number of hydrogen-bond donors (Lipinski definition) is 3. The van der Waals surface area contributed by atoms with E-state index in [4.69, 9.17) is 0 Å². The Balaban J connectivity index is 2.40. The largest absolute Gasteiger partial charge is 0.418 e. The number of para-hydroxylation sites is 1. The maximum Gasteiger partial charge on any atom is 0.418 e. The molecule has 0 fully saturated rings. The number of alkyl halides is 6. The van der Waals surface area contributed by atoms with E-state index in [2.05, 4.69) is 9.97 Å². The topological polar surface area (TPSA) is 69.8 Å². The molecule has 2 amide bonds. The molecule has 0 aliphatic carbocycles. The summed E-state index contributed by atoms with van der Waals surface area (Å²) in [6.45, 7) is 0. The normalized spacial score (nSPS) is 12.1. The van der Waals surface area contributed by atoms with Crippen molar-refractivity contribution in [1.29, 1.82) is 0 Å². The molecular formula is C12H8F6N4O. The van der Waals surface area contributed by atoms with E-state index >= 15 is 0 Å². The van der Waals surface area contributed by atoms with E-state index < -0.39 is 35.2 Å². The highest BCUT2D eigenvalue weighted by molar-refractivity contribution is 5.99. The van der Waals surface area contributed by atoms with Crippen LogP contribution in [0.25, 0.3) is 0 Å². The number of carbonyl (C=O) groups excluding carboxylic acids is 1. The van der Waals surface area contributed by atoms with E-state index in [1.807, 2.05) is 5.32 Å². The molecule has 0 saturated heterocycles. The molecule has 0 radical (unpaired) electrons. The van der Waals surface area contributed by atoms with Gasteiger partial charge in [-0.15, -0.1) is 0 Å². The average Bonchev–Trinajstić information content (AvgIpc) is 2.89. The molecule has 0 saturated carbocycles. The Hall–Kier alpha value is -2.72. The van der Waals surface area contributed by atoms with Gasteiger partial charge in [0.25, 0.3) is 0 Å². The van der Waals surface area contributed by atoms with E-state index in [0.717, 1.165) is 0 Å². The van der Waals surface area contributed by atoms with Gasteiger partial charge in [-0.2, -0.15) is 26.3 Å². The second kappa shape index (κ2) is 5.82. The number of aromatic amines is 1. The van der Waals surface area contributed by atoms with Crippen LogP contribution in [-0.2, 0) is 12.4 Å². The number of nitrogens with zero attached hydrogens (tertiary/aromatic N) is 1. The highest BCUT2D eigenvalue weighted by Gasteiger charge is 2.41. The Morgan fingerprint density at radius 2 is 1.57 bits per heavy atom. The summed E-state index contributed by atoms with van der Waals surface area (Å²) in [5.74, 6) is -0.138. The molecule has 1 heterocycles. The summed E-state index contributed by atoms with van der Waals surface area (Å²) in [5, 5.41) is 3.56. The second-order valence-corrected chi connectivity index (χ2v) is 4.24. The highest BCUT2D eigenvalue weighted by Crippen LogP contribution is 2.42. The van der Waals surface area contributed by atoms with E-state index in [9.17, 15) is 31.1 Å². The van der Waals surface area contributed by atoms with Gasteiger partial charge < -0.3 is 10.3 Å². The first-order valence-corrected chi connectivity index (χ1v) is 5.94. The molecule has 5 nitrogen and oxygen atoms in total. The van der Waals surface area contributed by atoms with Gasteiger partial charge in [0.15, 0.2) is 0 Å². The standard InChI is InChI=1S/C12H8F6N4O/c13-11(14,15)6-2-1-3-7(12(16,17)18)8(6)21-10(23)22-9-19-4-5-20-9/h1-5H,(H3,19,20,21,22,23). The first-order chi connectivity index (χ1) is 10.6. The number of rotatable bonds is 2. The lowest BCUT2D eigenvalue weighted by molar-refractivity contribution is -0.141. The molecule has 124 valence electrons. The third-order valence-electron chi connectivity index (χ3n) is 2.64. The summed E-state index contributed by atoms with van der Waals surface area (Å²) in [7, 11) is 0. The summed E-state index contributed by atoms with van der Waals surface area (Å²) in [5.41, 5.74) is -4.60. The van der Waals surface area contributed by atoms with Gasteiger partial charge in [0.2, 0.25) is 5.95 Å². The van der Waals surface area contributed by atoms with Crippen LogP contribution in [0.2, 0.25) is 0 Å². The van der Waals surface area contributed by atoms with Crippen LogP contribution in [0.1, 0.15) is 11.1 Å². The average molecular weight is 338 g/mol. The zero-order valence-electron chi connectivity index (χ0n) is 11.0. The van der Waals surface area contributed by atoms with Crippen molar-refractivity contribution in [3.05, 3.63) is 41.7 Å². The number of nitrogens with one attached hydrogen (secondary N) is 3. The summed E-state index contributed by atoms with van der Waals surface area (Å²) < 4.78 is 77.3. The predicted molar refractivity (Wildman–Crippen MR) is 67.7 cm³/mol. The molecule has 0 atom stereocenters. The number of urea groups is 1. The Morgan fingerprint density at radius 3 is 2.00 bits per heavy atom. The Morgan fingerprint density at radius 1 is 1.00 bits per heavy atom. The number of hydrogen-bond acceptors (Lipinski definition) is 2. The van der Waals surface area contributed by atoms with Gasteiger partial charge >= 0.3 is 18.4 Å². The fraction of sp³-hybridized carbons (Fsp3) is 0.167. The van der Waals surface area contributed by atoms with Crippen LogP contribution in [0.15, 0.2) is 30.6 Å². The van der Waals surface area contributed by atoms with Crippen molar-refractivity contribution < 1.29 is 31.1 Å². The Labute approximate surface area is 124 Å². The lowest BCUT2D eigenvalue weighted by Gasteiger charge is -2.19. The third-order valence-corrected chi connectivity index (χ3v) is 2.64. The monoisotopic (exact) mass is 338 g/mol. The number of imidazole rings is 1. The van der Waals surface area contributed by atoms with Crippen LogP contribution in [0.3, 0.4) is 0 Å². The zero-order valence-corrected chi connectivity index (χ0v) is 11.0. The van der Waals surface area contributed by atoms with Gasteiger partial charge in [-0.3, -0.25) is 5.32 Å². The van der Waals surface area contributed by atoms with Gasteiger partial charge in [0.1, 0.15) is 0 Å². The maximum atomic E-state index is 12.9. The molecule has 11 heteroatoms. The van der Waals surface area contributed by atoms with Gasteiger partial charge in [-0.25, -0.2) is 9.78 Å². The van der Waals surface area contributed by atoms with Crippen molar-refractivity contribution in [2.24, 2.45) is 0 Å². The van der Waals surface area contributed by atoms with Crippen LogP contribution in [-0.4, -0.2) is 16.0 Å². The van der Waals surface area contributed by atoms with Crippen LogP contribution < -0.4 is 10.6 Å². The molecule has 0 unspecified atom stereocenters. The van der Waals surface area contributed by atoms with Crippen LogP contribution in [0, 0.1) is 0 Å². The van der Waals surface area contributed by atoms with E-state index in [1.165, 1.54) is 12.4 Å². The number of benzene rings is 1. The first-order valence-electron chi connectivity index (χ1n) is 5.94. The smallest absolute Gasteiger partial charge is 0.331 e. The third kappa shape index (κ3) is 3.93. The van der Waals surface area contributed by atoms with Crippen LogP contribution in [0.4, 0.5) is 42.8 Å². The van der Waals surface area contributed by atoms with Gasteiger partial charge in [-0.05, 0) is 12.1 Å². The van der Waals surface area contributed by atoms with Crippen LogP contribution in [0.5, 0.6) is 0 Å². The fourth-order valence-electron chi connectivity index (χ4n) is 1.75. The van der Waals surface area contributed by atoms with Crippen LogP contribution >= 0.6 is 0 Å². The summed E-state index contributed by atoms with van der Waals surface area (Å²) >= 11 is 0. The van der Waals surface area contributed by atoms with Crippen molar-refractivity contribution in [3.8, 4) is 0 Å². The number of halogens is 6. The molecule has 0 bridgehead atoms. The molecule has 2 rings (SSSR count). The fourth-order valence-corrected chi connectivity index (χ4v) is 1.75. The number of aromatic nitrogens is 2. The molecule has 0 aliphatic heterocycles. The van der Waals surface area contributed by atoms with Crippen molar-refractivity contribution in [2.45, 2.75) is 12.4 Å².